The summed E-state index contributed by atoms with van der Waals surface area (Å²) in [6.07, 6.45) is 0. The van der Waals surface area contributed by atoms with Crippen LogP contribution in [0.5, 0.6) is 0 Å². The second-order valence-corrected chi connectivity index (χ2v) is 10.1. The van der Waals surface area contributed by atoms with Crippen molar-refractivity contribution in [2.24, 2.45) is 0 Å². The van der Waals surface area contributed by atoms with Crippen LogP contribution in [0.3, 0.4) is 0 Å². The molecular weight excluding hydrogens is 434 g/mol. The Morgan fingerprint density at radius 1 is 1.14 bits per heavy atom. The van der Waals surface area contributed by atoms with Gasteiger partial charge in [0, 0.05) is 18.8 Å². The SMILES string of the molecule is Cc1c(C(=O)COC(=O)c2ccc(Cl)c(S(=O)(=O)N(C)C)c2)sc2ccccc12. The Kier molecular flexibility index (Phi) is 6.09. The third-order valence-corrected chi connectivity index (χ3v) is 7.97. The molecule has 0 spiro atoms. The van der Waals surface area contributed by atoms with Crippen LogP contribution in [0, 0.1) is 6.92 Å². The van der Waals surface area contributed by atoms with E-state index in [4.69, 9.17) is 16.3 Å². The number of esters is 1. The molecule has 1 heterocycles. The van der Waals surface area contributed by atoms with Gasteiger partial charge in [-0.15, -0.1) is 11.3 Å². The van der Waals surface area contributed by atoms with Crippen LogP contribution in [-0.4, -0.2) is 45.2 Å². The van der Waals surface area contributed by atoms with Crippen molar-refractivity contribution in [3.05, 3.63) is 63.5 Å². The highest BCUT2D eigenvalue weighted by molar-refractivity contribution is 7.89. The van der Waals surface area contributed by atoms with Crippen molar-refractivity contribution >= 4 is 54.8 Å². The lowest BCUT2D eigenvalue weighted by molar-refractivity contribution is 0.0475. The molecule has 3 aromatic rings. The number of Topliss-reactive ketones (excluding diaryl/α,β-unsaturated/α-hetero) is 1. The molecule has 0 radical (unpaired) electrons. The summed E-state index contributed by atoms with van der Waals surface area (Å²) >= 11 is 7.33. The Morgan fingerprint density at radius 3 is 2.48 bits per heavy atom. The molecule has 6 nitrogen and oxygen atoms in total. The van der Waals surface area contributed by atoms with E-state index in [-0.39, 0.29) is 21.3 Å². The van der Waals surface area contributed by atoms with Crippen LogP contribution in [0.25, 0.3) is 10.1 Å². The summed E-state index contributed by atoms with van der Waals surface area (Å²) in [5, 5.41) is 0.982. The smallest absolute Gasteiger partial charge is 0.338 e. The zero-order valence-corrected chi connectivity index (χ0v) is 18.3. The largest absolute Gasteiger partial charge is 0.454 e. The first-order valence-electron chi connectivity index (χ1n) is 8.53. The van der Waals surface area contributed by atoms with Crippen molar-refractivity contribution in [3.63, 3.8) is 0 Å². The lowest BCUT2D eigenvalue weighted by Gasteiger charge is -2.13. The molecule has 0 amide bonds. The predicted molar refractivity (Wildman–Crippen MR) is 113 cm³/mol. The number of thiophene rings is 1. The van der Waals surface area contributed by atoms with E-state index in [2.05, 4.69) is 0 Å². The molecule has 0 bridgehead atoms. The quantitative estimate of drug-likeness (QED) is 0.415. The zero-order chi connectivity index (χ0) is 21.3. The van der Waals surface area contributed by atoms with Crippen LogP contribution in [0.15, 0.2) is 47.4 Å². The number of nitrogens with zero attached hydrogens (tertiary/aromatic N) is 1. The first-order valence-corrected chi connectivity index (χ1v) is 11.2. The Labute approximate surface area is 177 Å². The number of hydrogen-bond acceptors (Lipinski definition) is 6. The molecular formula is C20H18ClNO5S2. The normalized spacial score (nSPS) is 11.8. The van der Waals surface area contributed by atoms with E-state index in [1.807, 2.05) is 31.2 Å². The van der Waals surface area contributed by atoms with E-state index in [1.165, 1.54) is 37.6 Å². The fraction of sp³-hybridized carbons (Fsp3) is 0.200. The van der Waals surface area contributed by atoms with E-state index in [0.717, 1.165) is 26.0 Å². The maximum absolute atomic E-state index is 12.6. The molecule has 1 aromatic heterocycles. The predicted octanol–water partition coefficient (Wildman–Crippen LogP) is 4.15. The van der Waals surface area contributed by atoms with Crippen LogP contribution >= 0.6 is 22.9 Å². The summed E-state index contributed by atoms with van der Waals surface area (Å²) in [5.74, 6) is -1.11. The highest BCUT2D eigenvalue weighted by Crippen LogP contribution is 2.31. The summed E-state index contributed by atoms with van der Waals surface area (Å²) in [7, 11) is -1.10. The molecule has 0 aliphatic rings. The van der Waals surface area contributed by atoms with Crippen molar-refractivity contribution in [1.82, 2.24) is 4.31 Å². The van der Waals surface area contributed by atoms with Gasteiger partial charge in [0.15, 0.2) is 6.61 Å². The number of sulfonamides is 1. The molecule has 0 unspecified atom stereocenters. The van der Waals surface area contributed by atoms with Gasteiger partial charge >= 0.3 is 5.97 Å². The van der Waals surface area contributed by atoms with Gasteiger partial charge in [-0.3, -0.25) is 4.79 Å². The van der Waals surface area contributed by atoms with Crippen molar-refractivity contribution < 1.29 is 22.7 Å². The van der Waals surface area contributed by atoms with Crippen LogP contribution in [-0.2, 0) is 14.8 Å². The highest BCUT2D eigenvalue weighted by Gasteiger charge is 2.23. The molecule has 0 N–H and O–H groups in total. The first-order chi connectivity index (χ1) is 13.6. The minimum absolute atomic E-state index is 0.00399. The standard InChI is InChI=1S/C20H18ClNO5S2/c1-12-14-6-4-5-7-17(14)28-19(12)16(23)11-27-20(24)13-8-9-15(21)18(10-13)29(25,26)22(2)3/h4-10H,11H2,1-3H3. The zero-order valence-electron chi connectivity index (χ0n) is 15.9. The number of carbonyl (C=O) groups excluding carboxylic acids is 2. The minimum atomic E-state index is -3.83. The van der Waals surface area contributed by atoms with Gasteiger partial charge in [0.1, 0.15) is 4.90 Å². The van der Waals surface area contributed by atoms with Gasteiger partial charge in [0.2, 0.25) is 15.8 Å². The summed E-state index contributed by atoms with van der Waals surface area (Å²) in [4.78, 5) is 25.3. The Bertz CT molecular complexity index is 1210. The van der Waals surface area contributed by atoms with Crippen molar-refractivity contribution in [1.29, 1.82) is 0 Å². The van der Waals surface area contributed by atoms with E-state index in [1.54, 1.807) is 0 Å². The first kappa shape index (κ1) is 21.4. The number of benzene rings is 2. The maximum atomic E-state index is 12.6. The average Bonchev–Trinajstić information content (AvgIpc) is 3.03. The topological polar surface area (TPSA) is 80.8 Å². The van der Waals surface area contributed by atoms with E-state index < -0.39 is 22.6 Å². The van der Waals surface area contributed by atoms with E-state index in [9.17, 15) is 18.0 Å². The van der Waals surface area contributed by atoms with Gasteiger partial charge in [0.25, 0.3) is 0 Å². The number of fused-ring (bicyclic) bond motifs is 1. The molecule has 3 rings (SSSR count). The number of ether oxygens (including phenoxy) is 1. The molecule has 0 fully saturated rings. The fourth-order valence-electron chi connectivity index (χ4n) is 2.74. The van der Waals surface area contributed by atoms with Crippen LogP contribution in [0.2, 0.25) is 5.02 Å². The second kappa shape index (κ2) is 8.23. The molecule has 0 aliphatic heterocycles. The second-order valence-electron chi connectivity index (χ2n) is 6.48. The molecule has 9 heteroatoms. The maximum Gasteiger partial charge on any atom is 0.338 e. The molecule has 29 heavy (non-hydrogen) atoms. The Balaban J connectivity index is 1.79. The van der Waals surface area contributed by atoms with Gasteiger partial charge < -0.3 is 4.74 Å². The fourth-order valence-corrected chi connectivity index (χ4v) is 5.27. The third-order valence-electron chi connectivity index (χ3n) is 4.36. The van der Waals surface area contributed by atoms with Crippen molar-refractivity contribution in [2.45, 2.75) is 11.8 Å². The number of hydrogen-bond donors (Lipinski definition) is 0. The Hall–Kier alpha value is -2.26. The Morgan fingerprint density at radius 2 is 1.83 bits per heavy atom. The lowest BCUT2D eigenvalue weighted by atomic mass is 10.1. The summed E-state index contributed by atoms with van der Waals surface area (Å²) in [6.45, 7) is 1.41. The third kappa shape index (κ3) is 4.20. The average molecular weight is 452 g/mol. The number of halogens is 1. The van der Waals surface area contributed by atoms with Gasteiger partial charge in [-0.05, 0) is 42.1 Å². The summed E-state index contributed by atoms with van der Waals surface area (Å²) < 4.78 is 31.8. The number of carbonyl (C=O) groups is 2. The van der Waals surface area contributed by atoms with Crippen LogP contribution < -0.4 is 0 Å². The van der Waals surface area contributed by atoms with E-state index in [0.29, 0.717) is 4.88 Å². The van der Waals surface area contributed by atoms with Crippen molar-refractivity contribution in [2.75, 3.05) is 20.7 Å². The highest BCUT2D eigenvalue weighted by atomic mass is 35.5. The summed E-state index contributed by atoms with van der Waals surface area (Å²) in [6, 6.07) is 11.5. The lowest BCUT2D eigenvalue weighted by Crippen LogP contribution is -2.23. The number of ketones is 1. The molecule has 0 saturated heterocycles. The number of rotatable bonds is 6. The van der Waals surface area contributed by atoms with Gasteiger partial charge in [-0.2, -0.15) is 0 Å². The van der Waals surface area contributed by atoms with Gasteiger partial charge in [-0.25, -0.2) is 17.5 Å². The molecule has 0 atom stereocenters. The molecule has 0 aliphatic carbocycles. The van der Waals surface area contributed by atoms with Gasteiger partial charge in [0.05, 0.1) is 15.5 Å². The summed E-state index contributed by atoms with van der Waals surface area (Å²) in [5.41, 5.74) is 0.841. The number of aryl methyl sites for hydroxylation is 1. The van der Waals surface area contributed by atoms with Gasteiger partial charge in [-0.1, -0.05) is 29.8 Å². The molecule has 152 valence electrons. The van der Waals surface area contributed by atoms with E-state index >= 15 is 0 Å². The van der Waals surface area contributed by atoms with Crippen LogP contribution in [0.1, 0.15) is 25.6 Å². The van der Waals surface area contributed by atoms with Crippen LogP contribution in [0.4, 0.5) is 0 Å². The minimum Gasteiger partial charge on any atom is -0.454 e. The van der Waals surface area contributed by atoms with Crippen molar-refractivity contribution in [3.8, 4) is 0 Å². The molecule has 0 saturated carbocycles. The monoisotopic (exact) mass is 451 g/mol. The molecule has 2 aromatic carbocycles.